The van der Waals surface area contributed by atoms with Crippen molar-refractivity contribution in [1.29, 1.82) is 0 Å². The van der Waals surface area contributed by atoms with Crippen LogP contribution in [-0.4, -0.2) is 29.4 Å². The van der Waals surface area contributed by atoms with Crippen molar-refractivity contribution in [1.82, 2.24) is 21.5 Å². The number of amides is 3. The van der Waals surface area contributed by atoms with Crippen LogP contribution in [-0.2, 0) is 9.59 Å². The van der Waals surface area contributed by atoms with Crippen LogP contribution in [0, 0.1) is 9.49 Å². The van der Waals surface area contributed by atoms with Crippen molar-refractivity contribution >= 4 is 57.6 Å². The Balaban J connectivity index is 1.68. The third-order valence-corrected chi connectivity index (χ3v) is 5.20. The summed E-state index contributed by atoms with van der Waals surface area (Å²) in [5, 5.41) is 5.08. The molecule has 7 nitrogen and oxygen atoms in total. The fourth-order valence-corrected chi connectivity index (χ4v) is 3.47. The van der Waals surface area contributed by atoms with Crippen molar-refractivity contribution in [2.24, 2.45) is 5.92 Å². The Bertz CT molecular complexity index is 692. The van der Waals surface area contributed by atoms with Gasteiger partial charge in [0.25, 0.3) is 11.8 Å². The van der Waals surface area contributed by atoms with Gasteiger partial charge in [-0.05, 0) is 59.8 Å². The van der Waals surface area contributed by atoms with Gasteiger partial charge in [0.05, 0.1) is 12.1 Å². The molecule has 1 aromatic carbocycles. The molecular weight excluding hydrogens is 467 g/mol. The second-order valence-corrected chi connectivity index (χ2v) is 7.56. The minimum atomic E-state index is -0.444. The molecule has 2 rings (SSSR count). The Kier molecular flexibility index (Phi) is 8.23. The van der Waals surface area contributed by atoms with E-state index in [1.165, 1.54) is 6.42 Å². The zero-order valence-corrected chi connectivity index (χ0v) is 17.1. The van der Waals surface area contributed by atoms with Gasteiger partial charge in [-0.1, -0.05) is 31.4 Å². The smallest absolute Gasteiger partial charge is 0.258 e. The van der Waals surface area contributed by atoms with Crippen LogP contribution in [0.5, 0.6) is 0 Å². The maximum Gasteiger partial charge on any atom is 0.258 e. The maximum absolute atomic E-state index is 12.1. The number of carbonyl (C=O) groups excluding carboxylic acids is 3. The predicted molar refractivity (Wildman–Crippen MR) is 110 cm³/mol. The summed E-state index contributed by atoms with van der Waals surface area (Å²) in [5.41, 5.74) is 5.29. The highest BCUT2D eigenvalue weighted by Crippen LogP contribution is 2.23. The minimum Gasteiger partial charge on any atom is -0.347 e. The lowest BCUT2D eigenvalue weighted by molar-refractivity contribution is -0.129. The minimum absolute atomic E-state index is 0.00165. The molecule has 3 amide bonds. The van der Waals surface area contributed by atoms with Crippen LogP contribution >= 0.6 is 34.8 Å². The molecule has 1 fully saturated rings. The van der Waals surface area contributed by atoms with Gasteiger partial charge in [-0.2, -0.15) is 0 Å². The first-order valence-corrected chi connectivity index (χ1v) is 9.88. The summed E-state index contributed by atoms with van der Waals surface area (Å²) in [7, 11) is 0. The van der Waals surface area contributed by atoms with E-state index in [0.717, 1.165) is 29.3 Å². The summed E-state index contributed by atoms with van der Waals surface area (Å²) >= 11 is 7.04. The van der Waals surface area contributed by atoms with Crippen LogP contribution in [0.3, 0.4) is 0 Å². The zero-order chi connectivity index (χ0) is 18.9. The average molecular weight is 488 g/mol. The van der Waals surface area contributed by atoms with E-state index >= 15 is 0 Å². The van der Waals surface area contributed by atoms with Crippen molar-refractivity contribution in [2.45, 2.75) is 32.1 Å². The number of benzene rings is 1. The third-order valence-electron chi connectivity index (χ3n) is 4.06. The largest absolute Gasteiger partial charge is 0.347 e. The quantitative estimate of drug-likeness (QED) is 0.294. The van der Waals surface area contributed by atoms with Crippen LogP contribution in [0.25, 0.3) is 0 Å². The molecule has 26 heavy (non-hydrogen) atoms. The number of rotatable bonds is 4. The standard InChI is InChI=1S/C17H21IN4O3S/c18-13-9-5-4-8-12(13)16(25)20-17(26)22-21-14(23)10-19-15(24)11-6-2-1-3-7-11/h4-5,8-9,11H,1-3,6-7,10H2,(H,19,24)(H,21,23)(H2,20,22,25,26). The molecule has 0 atom stereocenters. The topological polar surface area (TPSA) is 99.3 Å². The summed E-state index contributed by atoms with van der Waals surface area (Å²) in [6.45, 7) is -0.143. The van der Waals surface area contributed by atoms with Gasteiger partial charge in [-0.25, -0.2) is 0 Å². The van der Waals surface area contributed by atoms with Gasteiger partial charge in [0.2, 0.25) is 5.91 Å². The predicted octanol–water partition coefficient (Wildman–Crippen LogP) is 1.62. The molecule has 0 radical (unpaired) electrons. The fourth-order valence-electron chi connectivity index (χ4n) is 2.69. The normalized spacial score (nSPS) is 14.2. The van der Waals surface area contributed by atoms with Crippen molar-refractivity contribution < 1.29 is 14.4 Å². The monoisotopic (exact) mass is 488 g/mol. The van der Waals surface area contributed by atoms with Crippen LogP contribution in [0.4, 0.5) is 0 Å². The number of hydrazine groups is 1. The average Bonchev–Trinajstić information content (AvgIpc) is 2.65. The van der Waals surface area contributed by atoms with Gasteiger partial charge in [0, 0.05) is 9.49 Å². The van der Waals surface area contributed by atoms with Gasteiger partial charge in [0.1, 0.15) is 0 Å². The molecule has 0 heterocycles. The molecule has 0 unspecified atom stereocenters. The Morgan fingerprint density at radius 3 is 2.46 bits per heavy atom. The summed E-state index contributed by atoms with van der Waals surface area (Å²) in [6, 6.07) is 7.07. The van der Waals surface area contributed by atoms with Crippen LogP contribution in [0.15, 0.2) is 24.3 Å². The lowest BCUT2D eigenvalue weighted by Crippen LogP contribution is -2.51. The first-order chi connectivity index (χ1) is 12.5. The lowest BCUT2D eigenvalue weighted by atomic mass is 9.89. The fraction of sp³-hybridized carbons (Fsp3) is 0.412. The molecule has 0 saturated heterocycles. The number of thiocarbonyl (C=S) groups is 1. The second kappa shape index (κ2) is 10.4. The van der Waals surface area contributed by atoms with E-state index in [0.29, 0.717) is 5.56 Å². The summed E-state index contributed by atoms with van der Waals surface area (Å²) in [5.74, 6) is -0.903. The van der Waals surface area contributed by atoms with Crippen LogP contribution < -0.4 is 21.5 Å². The number of nitrogens with one attached hydrogen (secondary N) is 4. The highest BCUT2D eigenvalue weighted by Gasteiger charge is 2.21. The molecule has 140 valence electrons. The molecule has 0 bridgehead atoms. The lowest BCUT2D eigenvalue weighted by Gasteiger charge is -2.20. The maximum atomic E-state index is 12.1. The summed E-state index contributed by atoms with van der Waals surface area (Å²) in [6.07, 6.45) is 5.03. The molecule has 1 saturated carbocycles. The molecule has 1 aliphatic rings. The van der Waals surface area contributed by atoms with Gasteiger partial charge in [0.15, 0.2) is 5.11 Å². The zero-order valence-electron chi connectivity index (χ0n) is 14.1. The van der Waals surface area contributed by atoms with Crippen LogP contribution in [0.2, 0.25) is 0 Å². The molecule has 1 aliphatic carbocycles. The van der Waals surface area contributed by atoms with Gasteiger partial charge in [-0.15, -0.1) is 0 Å². The molecule has 0 spiro atoms. The first kappa shape index (κ1) is 20.6. The highest BCUT2D eigenvalue weighted by atomic mass is 127. The van der Waals surface area contributed by atoms with E-state index in [2.05, 4.69) is 44.1 Å². The number of carbonyl (C=O) groups is 3. The van der Waals surface area contributed by atoms with E-state index in [1.807, 2.05) is 12.1 Å². The number of halogens is 1. The number of hydrogen-bond acceptors (Lipinski definition) is 4. The van der Waals surface area contributed by atoms with E-state index in [1.54, 1.807) is 12.1 Å². The second-order valence-electron chi connectivity index (χ2n) is 5.99. The van der Waals surface area contributed by atoms with Crippen molar-refractivity contribution in [3.8, 4) is 0 Å². The highest BCUT2D eigenvalue weighted by molar-refractivity contribution is 14.1. The number of hydrogen-bond donors (Lipinski definition) is 4. The summed E-state index contributed by atoms with van der Waals surface area (Å²) < 4.78 is 0.792. The van der Waals surface area contributed by atoms with E-state index in [9.17, 15) is 14.4 Å². The van der Waals surface area contributed by atoms with Gasteiger partial charge >= 0.3 is 0 Å². The van der Waals surface area contributed by atoms with Gasteiger partial charge in [-0.3, -0.25) is 30.6 Å². The SMILES string of the molecule is O=C(CNC(=O)C1CCCCC1)NNC(=S)NC(=O)c1ccccc1I. The Labute approximate surface area is 171 Å². The van der Waals surface area contributed by atoms with Crippen molar-refractivity contribution in [3.63, 3.8) is 0 Å². The first-order valence-electron chi connectivity index (χ1n) is 8.40. The van der Waals surface area contributed by atoms with E-state index < -0.39 is 5.91 Å². The van der Waals surface area contributed by atoms with Crippen molar-refractivity contribution in [2.75, 3.05) is 6.54 Å². The molecule has 0 aromatic heterocycles. The molecule has 1 aromatic rings. The molecule has 4 N–H and O–H groups in total. The van der Waals surface area contributed by atoms with Crippen LogP contribution in [0.1, 0.15) is 42.5 Å². The molecule has 9 heteroatoms. The van der Waals surface area contributed by atoms with Gasteiger partial charge < -0.3 is 5.32 Å². The van der Waals surface area contributed by atoms with E-state index in [4.69, 9.17) is 12.2 Å². The molecule has 0 aliphatic heterocycles. The Hall–Kier alpha value is -1.75. The van der Waals surface area contributed by atoms with E-state index in [-0.39, 0.29) is 29.4 Å². The Morgan fingerprint density at radius 1 is 1.08 bits per heavy atom. The third kappa shape index (κ3) is 6.52. The summed E-state index contributed by atoms with van der Waals surface area (Å²) in [4.78, 5) is 35.9. The van der Waals surface area contributed by atoms with Crippen molar-refractivity contribution in [3.05, 3.63) is 33.4 Å². The Morgan fingerprint density at radius 2 is 1.77 bits per heavy atom. The molecular formula is C17H21IN4O3S.